The van der Waals surface area contributed by atoms with Gasteiger partial charge in [-0.05, 0) is 24.5 Å². The summed E-state index contributed by atoms with van der Waals surface area (Å²) in [6, 6.07) is 15.5. The Kier molecular flexibility index (Phi) is 4.57. The van der Waals surface area contributed by atoms with Crippen molar-refractivity contribution in [2.45, 2.75) is 32.6 Å². The highest BCUT2D eigenvalue weighted by Crippen LogP contribution is 2.29. The van der Waals surface area contributed by atoms with Gasteiger partial charge in [-0.15, -0.1) is 0 Å². The van der Waals surface area contributed by atoms with E-state index in [0.29, 0.717) is 6.42 Å². The average molecular weight is 268 g/mol. The van der Waals surface area contributed by atoms with E-state index in [1.165, 1.54) is 5.56 Å². The number of para-hydroxylation sites is 1. The van der Waals surface area contributed by atoms with Gasteiger partial charge in [-0.3, -0.25) is 4.79 Å². The normalized spacial score (nSPS) is 12.1. The third kappa shape index (κ3) is 3.27. The number of phenols is 1. The molecule has 2 aromatic rings. The van der Waals surface area contributed by atoms with E-state index in [4.69, 9.17) is 0 Å². The van der Waals surface area contributed by atoms with Gasteiger partial charge in [0.15, 0.2) is 0 Å². The molecule has 0 bridgehead atoms. The largest absolute Gasteiger partial charge is 0.507 e. The zero-order chi connectivity index (χ0) is 14.5. The molecule has 0 fully saturated rings. The molecular formula is C18H20O2. The third-order valence-electron chi connectivity index (χ3n) is 3.72. The van der Waals surface area contributed by atoms with Gasteiger partial charge in [0.05, 0.1) is 0 Å². The number of aromatic hydroxyl groups is 1. The van der Waals surface area contributed by atoms with Crippen LogP contribution in [-0.4, -0.2) is 10.9 Å². The summed E-state index contributed by atoms with van der Waals surface area (Å²) in [7, 11) is 0. The summed E-state index contributed by atoms with van der Waals surface area (Å²) in [5, 5.41) is 10.0. The van der Waals surface area contributed by atoms with Crippen LogP contribution < -0.4 is 0 Å². The summed E-state index contributed by atoms with van der Waals surface area (Å²) in [4.78, 5) is 12.3. The van der Waals surface area contributed by atoms with Crippen molar-refractivity contribution in [2.24, 2.45) is 0 Å². The lowest BCUT2D eigenvalue weighted by Gasteiger charge is -2.14. The lowest BCUT2D eigenvalue weighted by Crippen LogP contribution is -2.10. The zero-order valence-corrected chi connectivity index (χ0v) is 12.0. The van der Waals surface area contributed by atoms with Crippen LogP contribution in [0.5, 0.6) is 5.75 Å². The number of hydrogen-bond donors (Lipinski definition) is 1. The zero-order valence-electron chi connectivity index (χ0n) is 12.0. The molecule has 0 spiro atoms. The highest BCUT2D eigenvalue weighted by molar-refractivity contribution is 5.86. The van der Waals surface area contributed by atoms with E-state index in [1.54, 1.807) is 0 Å². The van der Waals surface area contributed by atoms with Crippen LogP contribution in [0.3, 0.4) is 0 Å². The third-order valence-corrected chi connectivity index (χ3v) is 3.72. The molecule has 104 valence electrons. The van der Waals surface area contributed by atoms with E-state index in [0.717, 1.165) is 17.5 Å². The molecule has 0 radical (unpaired) electrons. The number of hydrogen-bond acceptors (Lipinski definition) is 2. The van der Waals surface area contributed by atoms with Gasteiger partial charge < -0.3 is 5.11 Å². The van der Waals surface area contributed by atoms with Crippen LogP contribution in [0.25, 0.3) is 0 Å². The van der Waals surface area contributed by atoms with E-state index in [9.17, 15) is 9.90 Å². The van der Waals surface area contributed by atoms with Gasteiger partial charge in [0.25, 0.3) is 0 Å². The van der Waals surface area contributed by atoms with Crippen molar-refractivity contribution in [2.75, 3.05) is 0 Å². The Balaban J connectivity index is 2.04. The molecule has 0 amide bonds. The Morgan fingerprint density at radius 3 is 2.50 bits per heavy atom. The maximum absolute atomic E-state index is 12.3. The average Bonchev–Trinajstić information content (AvgIpc) is 2.48. The van der Waals surface area contributed by atoms with Gasteiger partial charge in [0, 0.05) is 17.9 Å². The smallest absolute Gasteiger partial charge is 0.140 e. The molecule has 2 aromatic carbocycles. The number of aryl methyl sites for hydroxylation is 2. The van der Waals surface area contributed by atoms with Crippen LogP contribution in [-0.2, 0) is 11.2 Å². The molecule has 0 aromatic heterocycles. The van der Waals surface area contributed by atoms with Crippen molar-refractivity contribution >= 4 is 5.78 Å². The molecule has 2 heteroatoms. The van der Waals surface area contributed by atoms with Crippen LogP contribution in [0.2, 0.25) is 0 Å². The molecule has 0 aliphatic carbocycles. The first kappa shape index (κ1) is 14.3. The minimum absolute atomic E-state index is 0.162. The molecule has 2 rings (SSSR count). The van der Waals surface area contributed by atoms with Crippen LogP contribution in [0.1, 0.15) is 36.0 Å². The standard InChI is InChI=1S/C18H20O2/c1-13-7-6-10-16(18(13)20)14(2)17(19)12-11-15-8-4-3-5-9-15/h3-10,14,20H,11-12H2,1-2H3. The second-order valence-electron chi connectivity index (χ2n) is 5.19. The molecule has 0 saturated carbocycles. The van der Waals surface area contributed by atoms with E-state index in [1.807, 2.05) is 62.4 Å². The molecule has 1 atom stereocenters. The number of benzene rings is 2. The Hall–Kier alpha value is -2.09. The van der Waals surface area contributed by atoms with Crippen molar-refractivity contribution in [3.05, 3.63) is 65.2 Å². The molecule has 20 heavy (non-hydrogen) atoms. The molecule has 0 saturated heterocycles. The maximum atomic E-state index is 12.3. The van der Waals surface area contributed by atoms with Gasteiger partial charge in [-0.25, -0.2) is 0 Å². The van der Waals surface area contributed by atoms with E-state index in [2.05, 4.69) is 0 Å². The summed E-state index contributed by atoms with van der Waals surface area (Å²) in [6.45, 7) is 3.71. The first-order chi connectivity index (χ1) is 9.59. The lowest BCUT2D eigenvalue weighted by molar-refractivity contribution is -0.120. The van der Waals surface area contributed by atoms with Gasteiger partial charge >= 0.3 is 0 Å². The van der Waals surface area contributed by atoms with Gasteiger partial charge in [-0.2, -0.15) is 0 Å². The summed E-state index contributed by atoms with van der Waals surface area (Å²) >= 11 is 0. The van der Waals surface area contributed by atoms with E-state index < -0.39 is 0 Å². The quantitative estimate of drug-likeness (QED) is 0.889. The second kappa shape index (κ2) is 6.38. The first-order valence-electron chi connectivity index (χ1n) is 6.94. The van der Waals surface area contributed by atoms with Crippen molar-refractivity contribution in [3.63, 3.8) is 0 Å². The molecular weight excluding hydrogens is 248 g/mol. The summed E-state index contributed by atoms with van der Waals surface area (Å²) in [5.41, 5.74) is 2.70. The molecule has 0 heterocycles. The number of rotatable bonds is 5. The van der Waals surface area contributed by atoms with Crippen LogP contribution in [0.15, 0.2) is 48.5 Å². The fraction of sp³-hybridized carbons (Fsp3) is 0.278. The Labute approximate surface area is 120 Å². The summed E-state index contributed by atoms with van der Waals surface area (Å²) in [5.74, 6) is 0.140. The second-order valence-corrected chi connectivity index (χ2v) is 5.19. The molecule has 2 nitrogen and oxygen atoms in total. The number of Topliss-reactive ketones (excluding diaryl/α,β-unsaturated/α-hetero) is 1. The van der Waals surface area contributed by atoms with Crippen molar-refractivity contribution < 1.29 is 9.90 Å². The van der Waals surface area contributed by atoms with Crippen LogP contribution in [0, 0.1) is 6.92 Å². The van der Waals surface area contributed by atoms with Crippen molar-refractivity contribution in [3.8, 4) is 5.75 Å². The van der Waals surface area contributed by atoms with Crippen LogP contribution >= 0.6 is 0 Å². The first-order valence-corrected chi connectivity index (χ1v) is 6.94. The predicted molar refractivity (Wildman–Crippen MR) is 81.0 cm³/mol. The van der Waals surface area contributed by atoms with Crippen molar-refractivity contribution in [1.82, 2.24) is 0 Å². The summed E-state index contributed by atoms with van der Waals surface area (Å²) < 4.78 is 0. The molecule has 0 aliphatic heterocycles. The fourth-order valence-corrected chi connectivity index (χ4v) is 2.33. The number of carbonyl (C=O) groups is 1. The van der Waals surface area contributed by atoms with Gasteiger partial charge in [-0.1, -0.05) is 55.5 Å². The fourth-order valence-electron chi connectivity index (χ4n) is 2.33. The highest BCUT2D eigenvalue weighted by atomic mass is 16.3. The van der Waals surface area contributed by atoms with E-state index >= 15 is 0 Å². The van der Waals surface area contributed by atoms with Crippen molar-refractivity contribution in [1.29, 1.82) is 0 Å². The summed E-state index contributed by atoms with van der Waals surface area (Å²) in [6.07, 6.45) is 1.25. The Bertz CT molecular complexity index is 588. The SMILES string of the molecule is Cc1cccc(C(C)C(=O)CCc2ccccc2)c1O. The molecule has 0 aliphatic rings. The van der Waals surface area contributed by atoms with Crippen LogP contribution in [0.4, 0.5) is 0 Å². The monoisotopic (exact) mass is 268 g/mol. The molecule has 1 unspecified atom stereocenters. The number of phenolic OH excluding ortho intramolecular Hbond substituents is 1. The number of carbonyl (C=O) groups excluding carboxylic acids is 1. The predicted octanol–water partition coefficient (Wildman–Crippen LogP) is 4.01. The minimum Gasteiger partial charge on any atom is -0.507 e. The Morgan fingerprint density at radius 1 is 1.10 bits per heavy atom. The van der Waals surface area contributed by atoms with E-state index in [-0.39, 0.29) is 17.5 Å². The van der Waals surface area contributed by atoms with Gasteiger partial charge in [0.2, 0.25) is 0 Å². The Morgan fingerprint density at radius 2 is 1.80 bits per heavy atom. The lowest BCUT2D eigenvalue weighted by atomic mass is 9.91. The van der Waals surface area contributed by atoms with Gasteiger partial charge in [0.1, 0.15) is 11.5 Å². The highest BCUT2D eigenvalue weighted by Gasteiger charge is 2.18. The molecule has 1 N–H and O–H groups in total. The minimum atomic E-state index is -0.265. The maximum Gasteiger partial charge on any atom is 0.140 e. The number of ketones is 1. The topological polar surface area (TPSA) is 37.3 Å².